The van der Waals surface area contributed by atoms with Crippen LogP contribution in [0, 0.1) is 6.92 Å². The normalized spacial score (nSPS) is 10.4. The molecule has 2 N–H and O–H groups in total. The largest absolute Gasteiger partial charge is 0.366 e. The van der Waals surface area contributed by atoms with E-state index in [4.69, 9.17) is 5.73 Å². The highest BCUT2D eigenvalue weighted by Gasteiger charge is 2.06. The van der Waals surface area contributed by atoms with Crippen LogP contribution in [0.2, 0.25) is 0 Å². The van der Waals surface area contributed by atoms with Gasteiger partial charge in [0, 0.05) is 5.69 Å². The van der Waals surface area contributed by atoms with Crippen LogP contribution in [0.4, 0.5) is 0 Å². The molecule has 1 aromatic rings. The van der Waals surface area contributed by atoms with E-state index in [1.165, 1.54) is 19.3 Å². The smallest absolute Gasteiger partial charge is 0.250 e. The van der Waals surface area contributed by atoms with Crippen molar-refractivity contribution in [3.05, 3.63) is 29.1 Å². The summed E-state index contributed by atoms with van der Waals surface area (Å²) in [5, 5.41) is 0. The van der Waals surface area contributed by atoms with Crippen LogP contribution in [0.1, 0.15) is 54.4 Å². The fraction of sp³-hybridized carbons (Fsp3) is 0.538. The van der Waals surface area contributed by atoms with Gasteiger partial charge in [-0.25, -0.2) is 0 Å². The van der Waals surface area contributed by atoms with E-state index in [1.54, 1.807) is 6.07 Å². The van der Waals surface area contributed by atoms with E-state index >= 15 is 0 Å². The molecule has 0 aliphatic heterocycles. The van der Waals surface area contributed by atoms with Gasteiger partial charge in [0.05, 0.1) is 11.3 Å². The molecule has 0 bridgehead atoms. The van der Waals surface area contributed by atoms with Crippen molar-refractivity contribution >= 4 is 5.91 Å². The third-order valence-electron chi connectivity index (χ3n) is 2.70. The molecule has 16 heavy (non-hydrogen) atoms. The maximum absolute atomic E-state index is 11.0. The molecule has 0 aliphatic rings. The van der Waals surface area contributed by atoms with Gasteiger partial charge in [0.2, 0.25) is 0 Å². The fourth-order valence-electron chi connectivity index (χ4n) is 1.75. The molecule has 0 saturated heterocycles. The van der Waals surface area contributed by atoms with Crippen LogP contribution in [0.3, 0.4) is 0 Å². The van der Waals surface area contributed by atoms with Crippen LogP contribution in [0.15, 0.2) is 12.1 Å². The van der Waals surface area contributed by atoms with Crippen molar-refractivity contribution < 1.29 is 4.79 Å². The van der Waals surface area contributed by atoms with Gasteiger partial charge in [0.15, 0.2) is 0 Å². The van der Waals surface area contributed by atoms with Crippen molar-refractivity contribution in [2.75, 3.05) is 0 Å². The topological polar surface area (TPSA) is 56.0 Å². The van der Waals surface area contributed by atoms with Crippen LogP contribution in [0.25, 0.3) is 0 Å². The van der Waals surface area contributed by atoms with Crippen LogP contribution in [-0.4, -0.2) is 10.9 Å². The molecular weight excluding hydrogens is 200 g/mol. The number of carbonyl (C=O) groups is 1. The SMILES string of the molecule is CCCCCCc1ccc(C(N)=O)c(C)n1. The molecule has 0 fully saturated rings. The van der Waals surface area contributed by atoms with Crippen LogP contribution in [-0.2, 0) is 6.42 Å². The number of nitrogens with zero attached hydrogens (tertiary/aromatic N) is 1. The predicted molar refractivity (Wildman–Crippen MR) is 65.3 cm³/mol. The average molecular weight is 220 g/mol. The Labute approximate surface area is 97.1 Å². The van der Waals surface area contributed by atoms with Crippen LogP contribution in [0.5, 0.6) is 0 Å². The molecule has 0 unspecified atom stereocenters. The first-order chi connectivity index (χ1) is 7.65. The zero-order chi connectivity index (χ0) is 12.0. The Morgan fingerprint density at radius 2 is 2.06 bits per heavy atom. The number of rotatable bonds is 6. The van der Waals surface area contributed by atoms with Gasteiger partial charge in [-0.05, 0) is 31.9 Å². The molecule has 0 spiro atoms. The zero-order valence-electron chi connectivity index (χ0n) is 10.1. The van der Waals surface area contributed by atoms with Gasteiger partial charge in [-0.1, -0.05) is 26.2 Å². The molecule has 1 amide bonds. The number of amides is 1. The number of aromatic nitrogens is 1. The second kappa shape index (κ2) is 6.26. The minimum atomic E-state index is -0.400. The summed E-state index contributed by atoms with van der Waals surface area (Å²) in [5.74, 6) is -0.400. The third kappa shape index (κ3) is 3.65. The molecular formula is C13H20N2O. The lowest BCUT2D eigenvalue weighted by molar-refractivity contribution is 0.0999. The van der Waals surface area contributed by atoms with Gasteiger partial charge in [0.1, 0.15) is 0 Å². The summed E-state index contributed by atoms with van der Waals surface area (Å²) in [6.07, 6.45) is 5.91. The van der Waals surface area contributed by atoms with Gasteiger partial charge in [-0.3, -0.25) is 9.78 Å². The lowest BCUT2D eigenvalue weighted by Gasteiger charge is -2.04. The number of aryl methyl sites for hydroxylation is 2. The summed E-state index contributed by atoms with van der Waals surface area (Å²) in [7, 11) is 0. The maximum Gasteiger partial charge on any atom is 0.250 e. The summed E-state index contributed by atoms with van der Waals surface area (Å²) in [6.45, 7) is 4.03. The second-order valence-electron chi connectivity index (χ2n) is 4.11. The number of carbonyl (C=O) groups excluding carboxylic acids is 1. The minimum absolute atomic E-state index is 0.400. The Balaban J connectivity index is 2.56. The first kappa shape index (κ1) is 12.7. The highest BCUT2D eigenvalue weighted by molar-refractivity contribution is 5.93. The number of primary amides is 1. The molecule has 1 heterocycles. The van der Waals surface area contributed by atoms with E-state index in [1.807, 2.05) is 13.0 Å². The van der Waals surface area contributed by atoms with Crippen LogP contribution >= 0.6 is 0 Å². The van der Waals surface area contributed by atoms with E-state index in [0.717, 1.165) is 24.2 Å². The molecule has 0 radical (unpaired) electrons. The van der Waals surface area contributed by atoms with Crippen LogP contribution < -0.4 is 5.73 Å². The van der Waals surface area contributed by atoms with Gasteiger partial charge in [0.25, 0.3) is 5.91 Å². The molecule has 3 nitrogen and oxygen atoms in total. The summed E-state index contributed by atoms with van der Waals surface area (Å²) in [5.41, 5.74) is 7.54. The zero-order valence-corrected chi connectivity index (χ0v) is 10.1. The van der Waals surface area contributed by atoms with Crippen molar-refractivity contribution in [3.63, 3.8) is 0 Å². The van der Waals surface area contributed by atoms with Crippen molar-refractivity contribution in [2.24, 2.45) is 5.73 Å². The quantitative estimate of drug-likeness (QED) is 0.749. The molecule has 0 atom stereocenters. The van der Waals surface area contributed by atoms with Gasteiger partial charge < -0.3 is 5.73 Å². The maximum atomic E-state index is 11.0. The molecule has 0 aliphatic carbocycles. The van der Waals surface area contributed by atoms with E-state index < -0.39 is 5.91 Å². The molecule has 1 rings (SSSR count). The van der Waals surface area contributed by atoms with E-state index in [2.05, 4.69) is 11.9 Å². The van der Waals surface area contributed by atoms with E-state index in [0.29, 0.717) is 5.56 Å². The second-order valence-corrected chi connectivity index (χ2v) is 4.11. The van der Waals surface area contributed by atoms with E-state index in [-0.39, 0.29) is 0 Å². The third-order valence-corrected chi connectivity index (χ3v) is 2.70. The Bertz CT molecular complexity index is 361. The predicted octanol–water partition coefficient (Wildman–Crippen LogP) is 2.61. The highest BCUT2D eigenvalue weighted by Crippen LogP contribution is 2.10. The number of pyridine rings is 1. The summed E-state index contributed by atoms with van der Waals surface area (Å²) in [6, 6.07) is 3.68. The Morgan fingerprint density at radius 1 is 1.31 bits per heavy atom. The van der Waals surface area contributed by atoms with Crippen molar-refractivity contribution in [3.8, 4) is 0 Å². The summed E-state index contributed by atoms with van der Waals surface area (Å²) in [4.78, 5) is 15.4. The monoisotopic (exact) mass is 220 g/mol. The highest BCUT2D eigenvalue weighted by atomic mass is 16.1. The molecule has 0 aromatic carbocycles. The van der Waals surface area contributed by atoms with Crippen molar-refractivity contribution in [1.29, 1.82) is 0 Å². The molecule has 3 heteroatoms. The Kier molecular flexibility index (Phi) is 4.96. The first-order valence-electron chi connectivity index (χ1n) is 5.91. The summed E-state index contributed by atoms with van der Waals surface area (Å²) < 4.78 is 0. The van der Waals surface area contributed by atoms with Crippen molar-refractivity contribution in [2.45, 2.75) is 46.0 Å². The number of hydrogen-bond acceptors (Lipinski definition) is 2. The Hall–Kier alpha value is -1.38. The lowest BCUT2D eigenvalue weighted by atomic mass is 10.1. The Morgan fingerprint density at radius 3 is 2.62 bits per heavy atom. The van der Waals surface area contributed by atoms with Gasteiger partial charge >= 0.3 is 0 Å². The van der Waals surface area contributed by atoms with Crippen molar-refractivity contribution in [1.82, 2.24) is 4.98 Å². The summed E-state index contributed by atoms with van der Waals surface area (Å²) >= 11 is 0. The lowest BCUT2D eigenvalue weighted by Crippen LogP contribution is -2.14. The van der Waals surface area contributed by atoms with Gasteiger partial charge in [-0.2, -0.15) is 0 Å². The minimum Gasteiger partial charge on any atom is -0.366 e. The molecule has 0 saturated carbocycles. The molecule has 88 valence electrons. The number of unbranched alkanes of at least 4 members (excludes halogenated alkanes) is 3. The number of hydrogen-bond donors (Lipinski definition) is 1. The average Bonchev–Trinajstić information content (AvgIpc) is 2.24. The van der Waals surface area contributed by atoms with E-state index in [9.17, 15) is 4.79 Å². The standard InChI is InChI=1S/C13H20N2O/c1-3-4-5-6-7-11-8-9-12(13(14)16)10(2)15-11/h8-9H,3-7H2,1-2H3,(H2,14,16). The number of nitrogens with two attached hydrogens (primary N) is 1. The molecule has 1 aromatic heterocycles. The van der Waals surface area contributed by atoms with Gasteiger partial charge in [-0.15, -0.1) is 0 Å². The first-order valence-corrected chi connectivity index (χ1v) is 5.91. The fourth-order valence-corrected chi connectivity index (χ4v) is 1.75.